The first-order valence-corrected chi connectivity index (χ1v) is 9.22. The monoisotopic (exact) mass is 329 g/mol. The molecule has 0 fully saturated rings. The molecule has 1 aromatic carbocycles. The van der Waals surface area contributed by atoms with Gasteiger partial charge < -0.3 is 5.32 Å². The smallest absolute Gasteiger partial charge is 0.224 e. The zero-order valence-corrected chi connectivity index (χ0v) is 14.0. The van der Waals surface area contributed by atoms with Crippen molar-refractivity contribution in [3.8, 4) is 0 Å². The number of benzene rings is 1. The second kappa shape index (κ2) is 5.61. The van der Waals surface area contributed by atoms with E-state index >= 15 is 0 Å². The van der Waals surface area contributed by atoms with Crippen LogP contribution in [0, 0.1) is 0 Å². The molecule has 0 aliphatic carbocycles. The van der Waals surface area contributed by atoms with Gasteiger partial charge in [-0.2, -0.15) is 0 Å². The van der Waals surface area contributed by atoms with Crippen molar-refractivity contribution in [2.24, 2.45) is 0 Å². The first-order valence-electron chi connectivity index (χ1n) is 6.89. The zero-order valence-electron chi connectivity index (χ0n) is 12.4. The summed E-state index contributed by atoms with van der Waals surface area (Å²) < 4.78 is 22.8. The van der Waals surface area contributed by atoms with Gasteiger partial charge in [0.25, 0.3) is 0 Å². The summed E-state index contributed by atoms with van der Waals surface area (Å²) in [5, 5.41) is 2.22. The maximum atomic E-state index is 11.9. The lowest BCUT2D eigenvalue weighted by molar-refractivity contribution is -0.116. The Labute approximate surface area is 130 Å². The number of amides is 1. The van der Waals surface area contributed by atoms with E-state index in [1.54, 1.807) is 19.9 Å². The molecule has 1 amide bonds. The van der Waals surface area contributed by atoms with Crippen LogP contribution >= 0.6 is 11.6 Å². The van der Waals surface area contributed by atoms with Crippen LogP contribution in [0.25, 0.3) is 0 Å². The van der Waals surface area contributed by atoms with E-state index < -0.39 is 20.0 Å². The molecule has 21 heavy (non-hydrogen) atoms. The molecular weight excluding hydrogens is 310 g/mol. The van der Waals surface area contributed by atoms with Crippen LogP contribution in [-0.2, 0) is 21.1 Å². The Morgan fingerprint density at radius 1 is 1.29 bits per heavy atom. The number of hydrogen-bond donors (Lipinski definition) is 1. The highest BCUT2D eigenvalue weighted by Gasteiger charge is 2.39. The number of rotatable bonds is 3. The Hall–Kier alpha value is -1.07. The van der Waals surface area contributed by atoms with Gasteiger partial charge in [-0.05, 0) is 43.9 Å². The average molecular weight is 330 g/mol. The number of carbonyl (C=O) groups excluding carboxylic acids is 1. The van der Waals surface area contributed by atoms with Crippen LogP contribution in [-0.4, -0.2) is 25.3 Å². The summed E-state index contributed by atoms with van der Waals surface area (Å²) in [6.07, 6.45) is 3.27. The maximum Gasteiger partial charge on any atom is 0.224 e. The standard InChI is InChI=1S/C15H20ClNO3S/c1-15(2,21(3,19)20)14(16)11-7-8-12-10(9-11)5-4-6-13(18)17-12/h7-9,14H,4-6H2,1-3H3,(H,17,18). The first-order chi connectivity index (χ1) is 9.63. The van der Waals surface area contributed by atoms with Gasteiger partial charge >= 0.3 is 0 Å². The molecule has 0 spiro atoms. The van der Waals surface area contributed by atoms with E-state index in [0.717, 1.165) is 29.7 Å². The van der Waals surface area contributed by atoms with E-state index in [0.29, 0.717) is 6.42 Å². The predicted octanol–water partition coefficient (Wildman–Crippen LogP) is 3.06. The van der Waals surface area contributed by atoms with E-state index in [1.165, 1.54) is 6.26 Å². The minimum Gasteiger partial charge on any atom is -0.326 e. The molecule has 116 valence electrons. The second-order valence-electron chi connectivity index (χ2n) is 6.06. The van der Waals surface area contributed by atoms with Crippen LogP contribution in [0.3, 0.4) is 0 Å². The normalized spacial score (nSPS) is 17.6. The van der Waals surface area contributed by atoms with Gasteiger partial charge in [0.15, 0.2) is 9.84 Å². The number of nitrogens with one attached hydrogen (secondary N) is 1. The van der Waals surface area contributed by atoms with Crippen LogP contribution in [0.1, 0.15) is 43.2 Å². The van der Waals surface area contributed by atoms with Crippen LogP contribution < -0.4 is 5.32 Å². The number of alkyl halides is 1. The van der Waals surface area contributed by atoms with Crippen molar-refractivity contribution in [3.63, 3.8) is 0 Å². The van der Waals surface area contributed by atoms with E-state index in [4.69, 9.17) is 11.6 Å². The molecule has 1 aliphatic rings. The van der Waals surface area contributed by atoms with Crippen molar-refractivity contribution in [1.29, 1.82) is 0 Å². The van der Waals surface area contributed by atoms with Gasteiger partial charge in [-0.25, -0.2) is 8.42 Å². The van der Waals surface area contributed by atoms with Gasteiger partial charge in [0.2, 0.25) is 5.91 Å². The lowest BCUT2D eigenvalue weighted by atomic mass is 9.97. The molecule has 6 heteroatoms. The molecule has 0 radical (unpaired) electrons. The highest BCUT2D eigenvalue weighted by Crippen LogP contribution is 2.39. The fourth-order valence-corrected chi connectivity index (χ4v) is 3.47. The summed E-state index contributed by atoms with van der Waals surface area (Å²) in [5.74, 6) is 0.0142. The van der Waals surface area contributed by atoms with Gasteiger partial charge in [0.1, 0.15) is 0 Å². The molecule has 0 aromatic heterocycles. The van der Waals surface area contributed by atoms with Crippen LogP contribution in [0.4, 0.5) is 5.69 Å². The number of halogens is 1. The molecule has 1 aromatic rings. The zero-order chi connectivity index (χ0) is 15.8. The van der Waals surface area contributed by atoms with Crippen molar-refractivity contribution < 1.29 is 13.2 Å². The summed E-state index contributed by atoms with van der Waals surface area (Å²) in [5.41, 5.74) is 2.57. The summed E-state index contributed by atoms with van der Waals surface area (Å²) in [6, 6.07) is 5.50. The topological polar surface area (TPSA) is 63.2 Å². The molecule has 1 unspecified atom stereocenters. The lowest BCUT2D eigenvalue weighted by Crippen LogP contribution is -2.35. The highest BCUT2D eigenvalue weighted by atomic mass is 35.5. The average Bonchev–Trinajstić information content (AvgIpc) is 2.56. The number of anilines is 1. The largest absolute Gasteiger partial charge is 0.326 e. The Bertz CT molecular complexity index is 667. The lowest BCUT2D eigenvalue weighted by Gasteiger charge is -2.28. The van der Waals surface area contributed by atoms with Gasteiger partial charge in [-0.15, -0.1) is 11.6 Å². The quantitative estimate of drug-likeness (QED) is 0.867. The highest BCUT2D eigenvalue weighted by molar-refractivity contribution is 7.92. The summed E-state index contributed by atoms with van der Waals surface area (Å²) in [7, 11) is -3.29. The Morgan fingerprint density at radius 3 is 2.57 bits per heavy atom. The Kier molecular flexibility index (Phi) is 4.36. The SMILES string of the molecule is CC(C)(C(Cl)c1ccc2c(c1)CCCC(=O)N2)S(C)(=O)=O. The van der Waals surface area contributed by atoms with Crippen LogP contribution in [0.2, 0.25) is 0 Å². The fourth-order valence-electron chi connectivity index (χ4n) is 2.34. The molecule has 0 bridgehead atoms. The van der Waals surface area contributed by atoms with Gasteiger partial charge in [0.05, 0.1) is 10.1 Å². The van der Waals surface area contributed by atoms with Crippen molar-refractivity contribution in [2.75, 3.05) is 11.6 Å². The molecule has 4 nitrogen and oxygen atoms in total. The minimum absolute atomic E-state index is 0.0142. The third kappa shape index (κ3) is 3.24. The molecule has 1 heterocycles. The number of sulfone groups is 1. The maximum absolute atomic E-state index is 11.9. The van der Waals surface area contributed by atoms with Crippen molar-refractivity contribution in [1.82, 2.24) is 0 Å². The van der Waals surface area contributed by atoms with E-state index in [9.17, 15) is 13.2 Å². The molecule has 1 aliphatic heterocycles. The third-order valence-electron chi connectivity index (χ3n) is 4.11. The number of aryl methyl sites for hydroxylation is 1. The van der Waals surface area contributed by atoms with Gasteiger partial charge in [0, 0.05) is 18.4 Å². The van der Waals surface area contributed by atoms with Crippen molar-refractivity contribution >= 4 is 33.0 Å². The van der Waals surface area contributed by atoms with E-state index in [2.05, 4.69) is 5.32 Å². The molecule has 0 saturated carbocycles. The molecule has 1 atom stereocenters. The van der Waals surface area contributed by atoms with Gasteiger partial charge in [-0.1, -0.05) is 12.1 Å². The van der Waals surface area contributed by atoms with Crippen LogP contribution in [0.15, 0.2) is 18.2 Å². The number of hydrogen-bond acceptors (Lipinski definition) is 3. The number of fused-ring (bicyclic) bond motifs is 1. The Balaban J connectivity index is 2.39. The van der Waals surface area contributed by atoms with Gasteiger partial charge in [-0.3, -0.25) is 4.79 Å². The second-order valence-corrected chi connectivity index (χ2v) is 9.09. The van der Waals surface area contributed by atoms with Crippen molar-refractivity contribution in [3.05, 3.63) is 29.3 Å². The molecular formula is C15H20ClNO3S. The van der Waals surface area contributed by atoms with E-state index in [1.807, 2.05) is 12.1 Å². The van der Waals surface area contributed by atoms with Crippen molar-refractivity contribution in [2.45, 2.75) is 43.2 Å². The fraction of sp³-hybridized carbons (Fsp3) is 0.533. The summed E-state index contributed by atoms with van der Waals surface area (Å²) in [4.78, 5) is 11.5. The molecule has 0 saturated heterocycles. The first kappa shape index (κ1) is 16.3. The molecule has 2 rings (SSSR count). The Morgan fingerprint density at radius 2 is 1.95 bits per heavy atom. The predicted molar refractivity (Wildman–Crippen MR) is 85.5 cm³/mol. The summed E-state index contributed by atoms with van der Waals surface area (Å²) in [6.45, 7) is 3.26. The number of carbonyl (C=O) groups is 1. The van der Waals surface area contributed by atoms with E-state index in [-0.39, 0.29) is 5.91 Å². The minimum atomic E-state index is -3.29. The summed E-state index contributed by atoms with van der Waals surface area (Å²) >= 11 is 6.43. The molecule has 1 N–H and O–H groups in total. The van der Waals surface area contributed by atoms with Crippen LogP contribution in [0.5, 0.6) is 0 Å². The third-order valence-corrected chi connectivity index (χ3v) is 7.19.